The van der Waals surface area contributed by atoms with Gasteiger partial charge < -0.3 is 4.90 Å². The topological polar surface area (TPSA) is 54.5 Å². The van der Waals surface area contributed by atoms with Crippen molar-refractivity contribution in [1.82, 2.24) is 4.90 Å². The van der Waals surface area contributed by atoms with E-state index in [9.17, 15) is 13.2 Å². The number of Topliss-reactive ketones (excluding diaryl/α,β-unsaturated/α-hetero) is 1. The summed E-state index contributed by atoms with van der Waals surface area (Å²) in [5, 5.41) is 0. The lowest BCUT2D eigenvalue weighted by atomic mass is 10.0. The second-order valence-corrected chi connectivity index (χ2v) is 8.02. The Bertz CT molecular complexity index is 584. The third kappa shape index (κ3) is 4.14. The molecular formula is C16H23NO3S. The molecular weight excluding hydrogens is 286 g/mol. The molecule has 1 fully saturated rings. The molecule has 0 aromatic heterocycles. The fourth-order valence-corrected chi connectivity index (χ4v) is 3.82. The van der Waals surface area contributed by atoms with Crippen LogP contribution in [0.3, 0.4) is 0 Å². The minimum Gasteiger partial charge on any atom is -0.302 e. The molecule has 0 spiro atoms. The minimum atomic E-state index is -3.26. The summed E-state index contributed by atoms with van der Waals surface area (Å²) < 4.78 is 24.6. The van der Waals surface area contributed by atoms with Crippen LogP contribution in [0, 0.1) is 5.92 Å². The van der Waals surface area contributed by atoms with Crippen LogP contribution in [0.1, 0.15) is 37.0 Å². The van der Waals surface area contributed by atoms with Crippen molar-refractivity contribution < 1.29 is 13.2 Å². The zero-order valence-corrected chi connectivity index (χ0v) is 13.5. The fourth-order valence-electron chi connectivity index (χ4n) is 2.53. The monoisotopic (exact) mass is 309 g/mol. The third-order valence-corrected chi connectivity index (χ3v) is 5.61. The van der Waals surface area contributed by atoms with E-state index >= 15 is 0 Å². The number of ketones is 1. The molecule has 5 heteroatoms. The summed E-state index contributed by atoms with van der Waals surface area (Å²) in [5.41, 5.74) is 0.573. The Kier molecular flexibility index (Phi) is 5.17. The van der Waals surface area contributed by atoms with Gasteiger partial charge in [0.05, 0.1) is 10.6 Å². The van der Waals surface area contributed by atoms with Crippen molar-refractivity contribution in [3.05, 3.63) is 29.8 Å². The summed E-state index contributed by atoms with van der Waals surface area (Å²) >= 11 is 0. The summed E-state index contributed by atoms with van der Waals surface area (Å²) in [7, 11) is -3.26. The zero-order chi connectivity index (χ0) is 15.5. The molecule has 1 saturated heterocycles. The van der Waals surface area contributed by atoms with Crippen LogP contribution >= 0.6 is 0 Å². The van der Waals surface area contributed by atoms with E-state index in [1.807, 2.05) is 13.8 Å². The Morgan fingerprint density at radius 2 is 1.71 bits per heavy atom. The van der Waals surface area contributed by atoms with Crippen LogP contribution in [0.2, 0.25) is 0 Å². The number of carbonyl (C=O) groups is 1. The van der Waals surface area contributed by atoms with Gasteiger partial charge in [-0.1, -0.05) is 26.0 Å². The molecule has 0 amide bonds. The number of sulfone groups is 1. The quantitative estimate of drug-likeness (QED) is 0.757. The molecule has 0 unspecified atom stereocenters. The molecule has 0 radical (unpaired) electrons. The lowest BCUT2D eigenvalue weighted by Crippen LogP contribution is -2.26. The highest BCUT2D eigenvalue weighted by Crippen LogP contribution is 2.16. The normalized spacial score (nSPS) is 16.5. The lowest BCUT2D eigenvalue weighted by molar-refractivity contribution is 0.0939. The molecule has 0 N–H and O–H groups in total. The highest BCUT2D eigenvalue weighted by molar-refractivity contribution is 7.91. The molecule has 1 aromatic carbocycles. The van der Waals surface area contributed by atoms with Crippen molar-refractivity contribution in [2.45, 2.75) is 31.6 Å². The summed E-state index contributed by atoms with van der Waals surface area (Å²) in [6.45, 7) is 6.26. The summed E-state index contributed by atoms with van der Waals surface area (Å²) in [5.74, 6) is 0.100. The minimum absolute atomic E-state index is 0.0380. The molecule has 2 rings (SSSR count). The Hall–Kier alpha value is -1.20. The number of benzene rings is 1. The molecule has 1 aliphatic rings. The first-order chi connectivity index (χ1) is 9.90. The molecule has 21 heavy (non-hydrogen) atoms. The number of likely N-dealkylation sites (tertiary alicyclic amines) is 1. The van der Waals surface area contributed by atoms with Gasteiger partial charge in [-0.25, -0.2) is 8.42 Å². The maximum atomic E-state index is 12.3. The van der Waals surface area contributed by atoms with Gasteiger partial charge in [-0.2, -0.15) is 0 Å². The SMILES string of the molecule is CC(C)C(=O)c1ccc(S(=O)(=O)CCN2CCCC2)cc1. The van der Waals surface area contributed by atoms with E-state index in [0.717, 1.165) is 25.9 Å². The van der Waals surface area contributed by atoms with Gasteiger partial charge in [0, 0.05) is 18.0 Å². The Morgan fingerprint density at radius 3 is 2.24 bits per heavy atom. The first kappa shape index (κ1) is 16.2. The van der Waals surface area contributed by atoms with Crippen molar-refractivity contribution in [3.63, 3.8) is 0 Å². The first-order valence-electron chi connectivity index (χ1n) is 7.49. The lowest BCUT2D eigenvalue weighted by Gasteiger charge is -2.14. The molecule has 0 bridgehead atoms. The second kappa shape index (κ2) is 6.71. The molecule has 1 aromatic rings. The summed E-state index contributed by atoms with van der Waals surface area (Å²) in [6, 6.07) is 6.33. The molecule has 0 saturated carbocycles. The number of carbonyl (C=O) groups excluding carboxylic acids is 1. The van der Waals surface area contributed by atoms with Crippen molar-refractivity contribution in [3.8, 4) is 0 Å². The highest BCUT2D eigenvalue weighted by atomic mass is 32.2. The third-order valence-electron chi connectivity index (χ3n) is 3.90. The van der Waals surface area contributed by atoms with Gasteiger partial charge in [0.2, 0.25) is 0 Å². The van der Waals surface area contributed by atoms with Gasteiger partial charge in [-0.3, -0.25) is 4.79 Å². The predicted octanol–water partition coefficient (Wildman–Crippen LogP) is 2.39. The largest absolute Gasteiger partial charge is 0.302 e. The Morgan fingerprint density at radius 1 is 1.14 bits per heavy atom. The zero-order valence-electron chi connectivity index (χ0n) is 12.7. The molecule has 0 aliphatic carbocycles. The van der Waals surface area contributed by atoms with E-state index in [1.54, 1.807) is 24.3 Å². The second-order valence-electron chi connectivity index (χ2n) is 5.91. The van der Waals surface area contributed by atoms with E-state index in [4.69, 9.17) is 0 Å². The van der Waals surface area contributed by atoms with E-state index in [0.29, 0.717) is 17.0 Å². The average molecular weight is 309 g/mol. The van der Waals surface area contributed by atoms with E-state index in [2.05, 4.69) is 4.90 Å². The fraction of sp³-hybridized carbons (Fsp3) is 0.562. The molecule has 1 aliphatic heterocycles. The molecule has 4 nitrogen and oxygen atoms in total. The Labute approximate surface area is 127 Å². The maximum absolute atomic E-state index is 12.3. The Balaban J connectivity index is 2.04. The maximum Gasteiger partial charge on any atom is 0.179 e. The predicted molar refractivity (Wildman–Crippen MR) is 83.3 cm³/mol. The highest BCUT2D eigenvalue weighted by Gasteiger charge is 2.19. The van der Waals surface area contributed by atoms with Crippen LogP contribution in [0.5, 0.6) is 0 Å². The van der Waals surface area contributed by atoms with Crippen molar-refractivity contribution in [2.75, 3.05) is 25.4 Å². The van der Waals surface area contributed by atoms with Crippen LogP contribution in [-0.2, 0) is 9.84 Å². The van der Waals surface area contributed by atoms with E-state index in [-0.39, 0.29) is 17.5 Å². The molecule has 0 atom stereocenters. The van der Waals surface area contributed by atoms with Crippen LogP contribution in [-0.4, -0.2) is 44.5 Å². The van der Waals surface area contributed by atoms with Gasteiger partial charge in [-0.15, -0.1) is 0 Å². The van der Waals surface area contributed by atoms with Crippen LogP contribution < -0.4 is 0 Å². The smallest absolute Gasteiger partial charge is 0.179 e. The van der Waals surface area contributed by atoms with Gasteiger partial charge in [0.25, 0.3) is 0 Å². The van der Waals surface area contributed by atoms with Gasteiger partial charge in [-0.05, 0) is 38.1 Å². The number of hydrogen-bond donors (Lipinski definition) is 0. The average Bonchev–Trinajstić information content (AvgIpc) is 2.98. The van der Waals surface area contributed by atoms with Gasteiger partial charge >= 0.3 is 0 Å². The standard InChI is InChI=1S/C16H23NO3S/c1-13(2)16(18)14-5-7-15(8-6-14)21(19,20)12-11-17-9-3-4-10-17/h5-8,13H,3-4,9-12H2,1-2H3. The molecule has 116 valence electrons. The molecule has 1 heterocycles. The van der Waals surface area contributed by atoms with Gasteiger partial charge in [0.15, 0.2) is 15.6 Å². The van der Waals surface area contributed by atoms with E-state index in [1.165, 1.54) is 0 Å². The summed E-state index contributed by atoms with van der Waals surface area (Å²) in [4.78, 5) is 14.3. The van der Waals surface area contributed by atoms with Crippen LogP contribution in [0.25, 0.3) is 0 Å². The number of rotatable bonds is 6. The van der Waals surface area contributed by atoms with Crippen LogP contribution in [0.4, 0.5) is 0 Å². The van der Waals surface area contributed by atoms with Crippen LogP contribution in [0.15, 0.2) is 29.2 Å². The summed E-state index contributed by atoms with van der Waals surface area (Å²) in [6.07, 6.45) is 2.32. The van der Waals surface area contributed by atoms with E-state index < -0.39 is 9.84 Å². The number of nitrogens with zero attached hydrogens (tertiary/aromatic N) is 1. The van der Waals surface area contributed by atoms with Crippen molar-refractivity contribution >= 4 is 15.6 Å². The number of hydrogen-bond acceptors (Lipinski definition) is 4. The van der Waals surface area contributed by atoms with Crippen molar-refractivity contribution in [2.24, 2.45) is 5.92 Å². The van der Waals surface area contributed by atoms with Crippen molar-refractivity contribution in [1.29, 1.82) is 0 Å². The first-order valence-corrected chi connectivity index (χ1v) is 9.15. The van der Waals surface area contributed by atoms with Gasteiger partial charge in [0.1, 0.15) is 0 Å².